The molecule has 0 saturated heterocycles. The highest BCUT2D eigenvalue weighted by molar-refractivity contribution is 9.10. The number of methoxy groups -OCH3 is 1. The molecule has 7 heteroatoms. The highest BCUT2D eigenvalue weighted by Crippen LogP contribution is 2.28. The molecule has 0 radical (unpaired) electrons. The summed E-state index contributed by atoms with van der Waals surface area (Å²) < 4.78 is 32.6. The number of aryl methyl sites for hydroxylation is 1. The van der Waals surface area contributed by atoms with Crippen molar-refractivity contribution in [2.75, 3.05) is 11.8 Å². The molecule has 0 fully saturated rings. The first-order valence-corrected chi connectivity index (χ1v) is 7.99. The summed E-state index contributed by atoms with van der Waals surface area (Å²) in [5.74, 6) is 0.856. The predicted octanol–water partition coefficient (Wildman–Crippen LogP) is 2.96. The Morgan fingerprint density at radius 2 is 2.00 bits per heavy atom. The summed E-state index contributed by atoms with van der Waals surface area (Å²) >= 11 is 3.26. The van der Waals surface area contributed by atoms with Gasteiger partial charge in [0.15, 0.2) is 0 Å². The number of hydrogen-bond acceptors (Lipinski definition) is 4. The molecule has 2 rings (SSSR count). The van der Waals surface area contributed by atoms with E-state index >= 15 is 0 Å². The number of rotatable bonds is 4. The molecule has 0 spiro atoms. The Hall–Kier alpha value is -1.60. The third kappa shape index (κ3) is 3.29. The first-order valence-electron chi connectivity index (χ1n) is 5.71. The lowest BCUT2D eigenvalue weighted by Gasteiger charge is -2.09. The largest absolute Gasteiger partial charge is 0.496 e. The molecule has 1 aromatic carbocycles. The van der Waals surface area contributed by atoms with Crippen LogP contribution in [0.1, 0.15) is 5.56 Å². The first kappa shape index (κ1) is 14.8. The smallest absolute Gasteiger partial charge is 0.263 e. The number of ether oxygens (including phenoxy) is 1. The van der Waals surface area contributed by atoms with Gasteiger partial charge in [-0.3, -0.25) is 4.72 Å². The van der Waals surface area contributed by atoms with E-state index < -0.39 is 10.0 Å². The van der Waals surface area contributed by atoms with Gasteiger partial charge in [-0.05, 0) is 58.7 Å². The quantitative estimate of drug-likeness (QED) is 0.914. The molecular formula is C13H13BrN2O3S. The third-order valence-electron chi connectivity index (χ3n) is 2.59. The molecule has 0 bridgehead atoms. The molecule has 0 aliphatic carbocycles. The van der Waals surface area contributed by atoms with Crippen LogP contribution in [0.3, 0.4) is 0 Å². The van der Waals surface area contributed by atoms with Crippen molar-refractivity contribution < 1.29 is 13.2 Å². The summed E-state index contributed by atoms with van der Waals surface area (Å²) in [6.07, 6.45) is 1.55. The lowest BCUT2D eigenvalue weighted by molar-refractivity contribution is 0.411. The van der Waals surface area contributed by atoms with E-state index in [9.17, 15) is 8.42 Å². The molecule has 0 aliphatic rings. The number of pyridine rings is 1. The van der Waals surface area contributed by atoms with Crippen LogP contribution in [0, 0.1) is 6.92 Å². The van der Waals surface area contributed by atoms with Crippen molar-refractivity contribution in [3.63, 3.8) is 0 Å². The van der Waals surface area contributed by atoms with Crippen LogP contribution in [0.4, 0.5) is 5.82 Å². The predicted molar refractivity (Wildman–Crippen MR) is 80.5 cm³/mol. The highest BCUT2D eigenvalue weighted by atomic mass is 79.9. The number of nitrogens with zero attached hydrogens (tertiary/aromatic N) is 1. The van der Waals surface area contributed by atoms with Crippen molar-refractivity contribution in [1.29, 1.82) is 0 Å². The molecule has 0 aliphatic heterocycles. The van der Waals surface area contributed by atoms with E-state index in [-0.39, 0.29) is 10.7 Å². The van der Waals surface area contributed by atoms with Crippen molar-refractivity contribution in [2.24, 2.45) is 0 Å². The molecule has 0 unspecified atom stereocenters. The maximum absolute atomic E-state index is 12.3. The second-order valence-corrected chi connectivity index (χ2v) is 6.66. The van der Waals surface area contributed by atoms with E-state index in [4.69, 9.17) is 4.74 Å². The van der Waals surface area contributed by atoms with Gasteiger partial charge in [-0.15, -0.1) is 0 Å². The number of aromatic nitrogens is 1. The van der Waals surface area contributed by atoms with E-state index in [1.165, 1.54) is 19.2 Å². The maximum atomic E-state index is 12.3. The molecule has 2 aromatic rings. The van der Waals surface area contributed by atoms with E-state index in [2.05, 4.69) is 25.6 Å². The van der Waals surface area contributed by atoms with Crippen LogP contribution in [0.15, 0.2) is 45.9 Å². The monoisotopic (exact) mass is 356 g/mol. The fourth-order valence-corrected chi connectivity index (χ4v) is 3.32. The Labute approximate surface area is 126 Å². The Morgan fingerprint density at radius 3 is 2.60 bits per heavy atom. The van der Waals surface area contributed by atoms with Gasteiger partial charge in [-0.25, -0.2) is 13.4 Å². The van der Waals surface area contributed by atoms with E-state index in [1.807, 2.05) is 6.92 Å². The number of nitrogens with one attached hydrogen (secondary N) is 1. The van der Waals surface area contributed by atoms with E-state index in [0.717, 1.165) is 5.56 Å². The molecule has 5 nitrogen and oxygen atoms in total. The second-order valence-electron chi connectivity index (χ2n) is 4.12. The van der Waals surface area contributed by atoms with Crippen LogP contribution in [-0.4, -0.2) is 20.5 Å². The molecule has 1 aromatic heterocycles. The Morgan fingerprint density at radius 1 is 1.25 bits per heavy atom. The molecule has 1 N–H and O–H groups in total. The average Bonchev–Trinajstić information content (AvgIpc) is 2.38. The summed E-state index contributed by atoms with van der Waals surface area (Å²) in [6, 6.07) is 8.00. The fraction of sp³-hybridized carbons (Fsp3) is 0.154. The summed E-state index contributed by atoms with van der Waals surface area (Å²) in [7, 11) is -2.16. The van der Waals surface area contributed by atoms with Crippen LogP contribution in [0.2, 0.25) is 0 Å². The molecule has 0 atom stereocenters. The summed E-state index contributed by atoms with van der Waals surface area (Å²) in [6.45, 7) is 1.86. The summed E-state index contributed by atoms with van der Waals surface area (Å²) in [4.78, 5) is 4.11. The number of benzene rings is 1. The van der Waals surface area contributed by atoms with Crippen molar-refractivity contribution in [2.45, 2.75) is 11.8 Å². The summed E-state index contributed by atoms with van der Waals surface area (Å²) in [5.41, 5.74) is 0.925. The first-order chi connectivity index (χ1) is 9.42. The zero-order chi connectivity index (χ0) is 14.8. The van der Waals surface area contributed by atoms with Crippen molar-refractivity contribution in [3.8, 4) is 5.75 Å². The zero-order valence-electron chi connectivity index (χ0n) is 10.9. The molecule has 106 valence electrons. The lowest BCUT2D eigenvalue weighted by Crippen LogP contribution is -2.14. The zero-order valence-corrected chi connectivity index (χ0v) is 13.3. The Kier molecular flexibility index (Phi) is 4.29. The van der Waals surface area contributed by atoms with Crippen LogP contribution in [-0.2, 0) is 10.0 Å². The van der Waals surface area contributed by atoms with Crippen molar-refractivity contribution >= 4 is 31.8 Å². The second kappa shape index (κ2) is 5.80. The fourth-order valence-electron chi connectivity index (χ4n) is 1.60. The van der Waals surface area contributed by atoms with Crippen LogP contribution < -0.4 is 9.46 Å². The van der Waals surface area contributed by atoms with Gasteiger partial charge in [0.05, 0.1) is 16.5 Å². The molecular weight excluding hydrogens is 344 g/mol. The lowest BCUT2D eigenvalue weighted by atomic mass is 10.3. The van der Waals surface area contributed by atoms with E-state index in [0.29, 0.717) is 10.2 Å². The molecule has 20 heavy (non-hydrogen) atoms. The number of hydrogen-bond donors (Lipinski definition) is 1. The molecule has 0 saturated carbocycles. The normalized spacial score (nSPS) is 11.2. The molecule has 0 amide bonds. The molecule has 1 heterocycles. The number of halogens is 1. The summed E-state index contributed by atoms with van der Waals surface area (Å²) in [5, 5.41) is 0. The Bertz CT molecular complexity index is 732. The van der Waals surface area contributed by atoms with Gasteiger partial charge in [-0.1, -0.05) is 0 Å². The van der Waals surface area contributed by atoms with Gasteiger partial charge in [-0.2, -0.15) is 0 Å². The van der Waals surface area contributed by atoms with Crippen LogP contribution in [0.25, 0.3) is 0 Å². The van der Waals surface area contributed by atoms with Crippen molar-refractivity contribution in [3.05, 3.63) is 46.6 Å². The highest BCUT2D eigenvalue weighted by Gasteiger charge is 2.16. The average molecular weight is 357 g/mol. The Balaban J connectivity index is 2.33. The SMILES string of the molecule is COc1ccc(S(=O)(=O)Nc2cc(C)ccn2)cc1Br. The van der Waals surface area contributed by atoms with Gasteiger partial charge in [0.25, 0.3) is 10.0 Å². The standard InChI is InChI=1S/C13H13BrN2O3S/c1-9-5-6-15-13(7-9)16-20(17,18)10-3-4-12(19-2)11(14)8-10/h3-8H,1-2H3,(H,15,16). The topological polar surface area (TPSA) is 68.3 Å². The van der Waals surface area contributed by atoms with Gasteiger partial charge >= 0.3 is 0 Å². The number of sulfonamides is 1. The van der Waals surface area contributed by atoms with Gasteiger partial charge in [0.1, 0.15) is 11.6 Å². The van der Waals surface area contributed by atoms with Gasteiger partial charge in [0.2, 0.25) is 0 Å². The van der Waals surface area contributed by atoms with Gasteiger partial charge < -0.3 is 4.74 Å². The van der Waals surface area contributed by atoms with Crippen LogP contribution in [0.5, 0.6) is 5.75 Å². The van der Waals surface area contributed by atoms with Crippen molar-refractivity contribution in [1.82, 2.24) is 4.98 Å². The minimum Gasteiger partial charge on any atom is -0.496 e. The van der Waals surface area contributed by atoms with E-state index in [1.54, 1.807) is 24.4 Å². The maximum Gasteiger partial charge on any atom is 0.263 e. The van der Waals surface area contributed by atoms with Gasteiger partial charge in [0, 0.05) is 6.20 Å². The third-order valence-corrected chi connectivity index (χ3v) is 4.56. The van der Waals surface area contributed by atoms with Crippen LogP contribution >= 0.6 is 15.9 Å². The minimum atomic E-state index is -3.68. The number of anilines is 1. The minimum absolute atomic E-state index is 0.133.